The van der Waals surface area contributed by atoms with Crippen molar-refractivity contribution in [1.29, 1.82) is 0 Å². The molecule has 8 heteroatoms. The van der Waals surface area contributed by atoms with Gasteiger partial charge in [-0.15, -0.1) is 0 Å². The third-order valence-corrected chi connectivity index (χ3v) is 4.92. The highest BCUT2D eigenvalue weighted by Crippen LogP contribution is 2.27. The Bertz CT molecular complexity index is 599. The number of hydrogen-bond acceptors (Lipinski definition) is 5. The summed E-state index contributed by atoms with van der Waals surface area (Å²) in [5.74, 6) is -1.09. The number of rotatable bonds is 8. The molecule has 0 heterocycles. The number of likely N-dealkylation sites (N-methyl/N-ethyl adjacent to an activating group) is 1. The second kappa shape index (κ2) is 7.39. The maximum Gasteiger partial charge on any atom is 0.335 e. The number of carboxylic acids is 1. The first-order valence-electron chi connectivity index (χ1n) is 6.28. The maximum atomic E-state index is 12.6. The molecule has 1 N–H and O–H groups in total. The molecule has 7 nitrogen and oxygen atoms in total. The van der Waals surface area contributed by atoms with Crippen molar-refractivity contribution in [3.8, 4) is 5.75 Å². The van der Waals surface area contributed by atoms with E-state index in [1.165, 1.54) is 30.7 Å². The zero-order valence-electron chi connectivity index (χ0n) is 12.2. The van der Waals surface area contributed by atoms with Crippen LogP contribution in [-0.4, -0.2) is 57.7 Å². The molecule has 0 unspecified atom stereocenters. The molecule has 1 rings (SSSR count). The summed E-state index contributed by atoms with van der Waals surface area (Å²) in [5, 5.41) is 9.01. The number of methoxy groups -OCH3 is 2. The Hall–Kier alpha value is -1.64. The quantitative estimate of drug-likeness (QED) is 0.770. The Kier molecular flexibility index (Phi) is 6.13. The Balaban J connectivity index is 3.33. The van der Waals surface area contributed by atoms with E-state index in [4.69, 9.17) is 14.6 Å². The van der Waals surface area contributed by atoms with Crippen LogP contribution in [0.1, 0.15) is 17.3 Å². The second-order valence-corrected chi connectivity index (χ2v) is 6.07. The van der Waals surface area contributed by atoms with Crippen molar-refractivity contribution >= 4 is 16.0 Å². The number of sulfonamides is 1. The zero-order chi connectivity index (χ0) is 16.0. The van der Waals surface area contributed by atoms with E-state index in [1.54, 1.807) is 6.92 Å². The molecule has 21 heavy (non-hydrogen) atoms. The molecule has 0 atom stereocenters. The summed E-state index contributed by atoms with van der Waals surface area (Å²) in [6.45, 7) is 2.36. The molecule has 1 aromatic rings. The number of hydrogen-bond donors (Lipinski definition) is 1. The van der Waals surface area contributed by atoms with Gasteiger partial charge in [-0.3, -0.25) is 0 Å². The second-order valence-electron chi connectivity index (χ2n) is 4.16. The number of aromatic carboxylic acids is 1. The van der Waals surface area contributed by atoms with Gasteiger partial charge in [-0.2, -0.15) is 4.31 Å². The van der Waals surface area contributed by atoms with Gasteiger partial charge in [-0.05, 0) is 18.2 Å². The Labute approximate surface area is 124 Å². The van der Waals surface area contributed by atoms with Gasteiger partial charge in [-0.1, -0.05) is 6.92 Å². The number of carboxylic acid groups (broad SMARTS) is 1. The number of benzene rings is 1. The maximum absolute atomic E-state index is 12.6. The summed E-state index contributed by atoms with van der Waals surface area (Å²) >= 11 is 0. The summed E-state index contributed by atoms with van der Waals surface area (Å²) < 4.78 is 36.4. The van der Waals surface area contributed by atoms with E-state index in [2.05, 4.69) is 0 Å². The van der Waals surface area contributed by atoms with Crippen LogP contribution in [0.5, 0.6) is 5.75 Å². The average Bonchev–Trinajstić information content (AvgIpc) is 2.47. The molecule has 1 aromatic carbocycles. The topological polar surface area (TPSA) is 93.1 Å². The van der Waals surface area contributed by atoms with Crippen LogP contribution in [0, 0.1) is 0 Å². The van der Waals surface area contributed by atoms with E-state index in [9.17, 15) is 13.2 Å². The number of nitrogens with zero attached hydrogens (tertiary/aromatic N) is 1. The predicted octanol–water partition coefficient (Wildman–Crippen LogP) is 1.05. The minimum atomic E-state index is -3.86. The van der Waals surface area contributed by atoms with Crippen molar-refractivity contribution in [2.75, 3.05) is 33.9 Å². The van der Waals surface area contributed by atoms with Crippen LogP contribution in [0.25, 0.3) is 0 Å². The molecule has 0 saturated heterocycles. The smallest absolute Gasteiger partial charge is 0.335 e. The first kappa shape index (κ1) is 17.4. The lowest BCUT2D eigenvalue weighted by atomic mass is 10.2. The highest BCUT2D eigenvalue weighted by Gasteiger charge is 2.27. The van der Waals surface area contributed by atoms with Gasteiger partial charge >= 0.3 is 5.97 Å². The van der Waals surface area contributed by atoms with Gasteiger partial charge in [-0.25, -0.2) is 13.2 Å². The third-order valence-electron chi connectivity index (χ3n) is 2.93. The van der Waals surface area contributed by atoms with Crippen LogP contribution in [-0.2, 0) is 14.8 Å². The number of carbonyl (C=O) groups is 1. The number of ether oxygens (including phenoxy) is 2. The fourth-order valence-electron chi connectivity index (χ4n) is 1.79. The van der Waals surface area contributed by atoms with Gasteiger partial charge in [0.1, 0.15) is 10.6 Å². The van der Waals surface area contributed by atoms with Crippen LogP contribution in [0.4, 0.5) is 0 Å². The van der Waals surface area contributed by atoms with Crippen molar-refractivity contribution in [3.05, 3.63) is 23.8 Å². The minimum absolute atomic E-state index is 0.107. The highest BCUT2D eigenvalue weighted by molar-refractivity contribution is 7.89. The SMILES string of the molecule is CCN(CCOC)S(=O)(=O)c1cc(C(=O)O)ccc1OC. The molecular formula is C13H19NO6S. The zero-order valence-corrected chi connectivity index (χ0v) is 13.0. The van der Waals surface area contributed by atoms with Crippen molar-refractivity contribution in [2.45, 2.75) is 11.8 Å². The lowest BCUT2D eigenvalue weighted by Crippen LogP contribution is -2.34. The predicted molar refractivity (Wildman–Crippen MR) is 76.3 cm³/mol. The van der Waals surface area contributed by atoms with Gasteiger partial charge in [0.15, 0.2) is 0 Å². The molecule has 0 radical (unpaired) electrons. The molecule has 0 bridgehead atoms. The van der Waals surface area contributed by atoms with Gasteiger partial charge in [0.2, 0.25) is 10.0 Å². The monoisotopic (exact) mass is 317 g/mol. The largest absolute Gasteiger partial charge is 0.495 e. The Morgan fingerprint density at radius 2 is 2.00 bits per heavy atom. The van der Waals surface area contributed by atoms with Crippen molar-refractivity contribution in [1.82, 2.24) is 4.31 Å². The van der Waals surface area contributed by atoms with Crippen LogP contribution >= 0.6 is 0 Å². The molecular weight excluding hydrogens is 298 g/mol. The standard InChI is InChI=1S/C13H19NO6S/c1-4-14(7-8-19-2)21(17,18)12-9-10(13(15)16)5-6-11(12)20-3/h5-6,9H,4,7-8H2,1-3H3,(H,15,16). The molecule has 0 aliphatic heterocycles. The Morgan fingerprint density at radius 3 is 2.48 bits per heavy atom. The van der Waals surface area contributed by atoms with Crippen LogP contribution in [0.15, 0.2) is 23.1 Å². The minimum Gasteiger partial charge on any atom is -0.495 e. The van der Waals surface area contributed by atoms with E-state index in [-0.39, 0.29) is 35.9 Å². The summed E-state index contributed by atoms with van der Waals surface area (Å²) in [6.07, 6.45) is 0. The fraction of sp³-hybridized carbons (Fsp3) is 0.462. The van der Waals surface area contributed by atoms with Crippen LogP contribution in [0.2, 0.25) is 0 Å². The van der Waals surface area contributed by atoms with E-state index in [0.29, 0.717) is 0 Å². The summed E-state index contributed by atoms with van der Waals surface area (Å²) in [4.78, 5) is 10.9. The van der Waals surface area contributed by atoms with E-state index >= 15 is 0 Å². The molecule has 0 aromatic heterocycles. The lowest BCUT2D eigenvalue weighted by Gasteiger charge is -2.21. The van der Waals surface area contributed by atoms with Crippen molar-refractivity contribution < 1.29 is 27.8 Å². The van der Waals surface area contributed by atoms with Gasteiger partial charge < -0.3 is 14.6 Å². The molecule has 0 aliphatic carbocycles. The Morgan fingerprint density at radius 1 is 1.33 bits per heavy atom. The highest BCUT2D eigenvalue weighted by atomic mass is 32.2. The van der Waals surface area contributed by atoms with Crippen molar-refractivity contribution in [3.63, 3.8) is 0 Å². The van der Waals surface area contributed by atoms with E-state index in [0.717, 1.165) is 6.07 Å². The van der Waals surface area contributed by atoms with Crippen LogP contribution < -0.4 is 4.74 Å². The summed E-state index contributed by atoms with van der Waals surface area (Å²) in [6, 6.07) is 3.73. The normalized spacial score (nSPS) is 11.6. The van der Waals surface area contributed by atoms with Gasteiger partial charge in [0, 0.05) is 20.2 Å². The van der Waals surface area contributed by atoms with Crippen molar-refractivity contribution in [2.24, 2.45) is 0 Å². The fourth-order valence-corrected chi connectivity index (χ4v) is 3.41. The lowest BCUT2D eigenvalue weighted by molar-refractivity contribution is 0.0696. The molecule has 0 spiro atoms. The first-order valence-corrected chi connectivity index (χ1v) is 7.72. The molecule has 118 valence electrons. The third kappa shape index (κ3) is 3.93. The summed E-state index contributed by atoms with van der Waals surface area (Å²) in [7, 11) is -1.05. The van der Waals surface area contributed by atoms with Crippen LogP contribution in [0.3, 0.4) is 0 Å². The molecule has 0 amide bonds. The average molecular weight is 317 g/mol. The molecule has 0 aliphatic rings. The van der Waals surface area contributed by atoms with E-state index in [1.807, 2.05) is 0 Å². The van der Waals surface area contributed by atoms with E-state index < -0.39 is 16.0 Å². The van der Waals surface area contributed by atoms with Gasteiger partial charge in [0.05, 0.1) is 19.3 Å². The molecule has 0 fully saturated rings. The molecule has 0 saturated carbocycles. The first-order chi connectivity index (χ1) is 9.88. The van der Waals surface area contributed by atoms with Gasteiger partial charge in [0.25, 0.3) is 0 Å². The summed E-state index contributed by atoms with van der Waals surface area (Å²) in [5.41, 5.74) is -0.114.